The van der Waals surface area contributed by atoms with E-state index in [0.29, 0.717) is 24.6 Å². The van der Waals surface area contributed by atoms with E-state index < -0.39 is 5.97 Å². The van der Waals surface area contributed by atoms with Crippen molar-refractivity contribution in [2.24, 2.45) is 5.92 Å². The maximum Gasteiger partial charge on any atom is 0.305 e. The highest BCUT2D eigenvalue weighted by Crippen LogP contribution is 2.19. The zero-order chi connectivity index (χ0) is 16.1. The lowest BCUT2D eigenvalue weighted by Gasteiger charge is -2.36. The lowest BCUT2D eigenvalue weighted by atomic mass is 9.98. The number of halogens is 1. The van der Waals surface area contributed by atoms with Crippen LogP contribution in [0.15, 0.2) is 24.3 Å². The minimum absolute atomic E-state index is 0.0328. The lowest BCUT2D eigenvalue weighted by molar-refractivity contribution is -0.148. The van der Waals surface area contributed by atoms with Gasteiger partial charge in [0, 0.05) is 17.5 Å². The second-order valence-corrected chi connectivity index (χ2v) is 6.03. The van der Waals surface area contributed by atoms with E-state index in [9.17, 15) is 9.59 Å². The Morgan fingerprint density at radius 2 is 2.27 bits per heavy atom. The summed E-state index contributed by atoms with van der Waals surface area (Å²) < 4.78 is 5.30. The fraction of sp³-hybridized carbons (Fsp3) is 0.500. The molecule has 6 heteroatoms. The number of hydrogen-bond donors (Lipinski definition) is 1. The van der Waals surface area contributed by atoms with Crippen molar-refractivity contribution in [2.75, 3.05) is 19.8 Å². The molecule has 0 saturated carbocycles. The van der Waals surface area contributed by atoms with Crippen molar-refractivity contribution in [1.29, 1.82) is 0 Å². The molecular formula is C16H20ClNO4. The van der Waals surface area contributed by atoms with Gasteiger partial charge in [0.15, 0.2) is 0 Å². The zero-order valence-electron chi connectivity index (χ0n) is 12.5. The summed E-state index contributed by atoms with van der Waals surface area (Å²) in [5, 5.41) is 9.61. The number of ether oxygens (including phenoxy) is 1. The van der Waals surface area contributed by atoms with Gasteiger partial charge in [0.2, 0.25) is 5.91 Å². The third-order valence-corrected chi connectivity index (χ3v) is 4.01. The number of amides is 1. The molecule has 1 aromatic rings. The molecule has 2 unspecified atom stereocenters. The molecule has 120 valence electrons. The first-order chi connectivity index (χ1) is 10.5. The van der Waals surface area contributed by atoms with Gasteiger partial charge in [-0.1, -0.05) is 30.7 Å². The Kier molecular flexibility index (Phi) is 5.80. The maximum atomic E-state index is 12.6. The van der Waals surface area contributed by atoms with Gasteiger partial charge in [0.1, 0.15) is 0 Å². The van der Waals surface area contributed by atoms with Crippen molar-refractivity contribution >= 4 is 23.5 Å². The van der Waals surface area contributed by atoms with Gasteiger partial charge < -0.3 is 14.7 Å². The van der Waals surface area contributed by atoms with Crippen LogP contribution in [0.5, 0.6) is 0 Å². The molecule has 1 heterocycles. The molecule has 1 N–H and O–H groups in total. The van der Waals surface area contributed by atoms with E-state index in [1.165, 1.54) is 0 Å². The molecule has 1 amide bonds. The molecule has 0 bridgehead atoms. The molecule has 5 nitrogen and oxygen atoms in total. The molecule has 0 aromatic heterocycles. The maximum absolute atomic E-state index is 12.6. The van der Waals surface area contributed by atoms with Gasteiger partial charge in [-0.25, -0.2) is 0 Å². The van der Waals surface area contributed by atoms with E-state index in [4.69, 9.17) is 21.4 Å². The van der Waals surface area contributed by atoms with Crippen LogP contribution in [0.25, 0.3) is 0 Å². The summed E-state index contributed by atoms with van der Waals surface area (Å²) in [5.74, 6) is -1.18. The van der Waals surface area contributed by atoms with Gasteiger partial charge in [-0.2, -0.15) is 0 Å². The Morgan fingerprint density at radius 3 is 2.95 bits per heavy atom. The third-order valence-electron chi connectivity index (χ3n) is 3.77. The first-order valence-electron chi connectivity index (χ1n) is 7.32. The number of carbonyl (C=O) groups is 2. The summed E-state index contributed by atoms with van der Waals surface area (Å²) in [4.78, 5) is 25.2. The van der Waals surface area contributed by atoms with E-state index in [1.54, 1.807) is 11.0 Å². The second-order valence-electron chi connectivity index (χ2n) is 5.59. The molecule has 0 spiro atoms. The average Bonchev–Trinajstić information content (AvgIpc) is 2.46. The van der Waals surface area contributed by atoms with Gasteiger partial charge in [-0.15, -0.1) is 0 Å². The fourth-order valence-corrected chi connectivity index (χ4v) is 2.92. The largest absolute Gasteiger partial charge is 0.481 e. The molecule has 2 atom stereocenters. The number of morpholine rings is 1. The van der Waals surface area contributed by atoms with Crippen LogP contribution in [0.2, 0.25) is 5.02 Å². The lowest BCUT2D eigenvalue weighted by Crippen LogP contribution is -2.51. The van der Waals surface area contributed by atoms with Crippen LogP contribution in [0.4, 0.5) is 0 Å². The van der Waals surface area contributed by atoms with Crippen molar-refractivity contribution in [2.45, 2.75) is 25.8 Å². The second kappa shape index (κ2) is 7.61. The van der Waals surface area contributed by atoms with E-state index in [0.717, 1.165) is 5.56 Å². The average molecular weight is 326 g/mol. The highest BCUT2D eigenvalue weighted by molar-refractivity contribution is 6.30. The number of carboxylic acids is 1. The molecular weight excluding hydrogens is 306 g/mol. The van der Waals surface area contributed by atoms with Crippen LogP contribution in [0.3, 0.4) is 0 Å². The number of nitrogens with zero attached hydrogens (tertiary/aromatic N) is 1. The van der Waals surface area contributed by atoms with Crippen molar-refractivity contribution < 1.29 is 19.4 Å². The normalized spacial score (nSPS) is 19.7. The minimum atomic E-state index is -0.921. The summed E-state index contributed by atoms with van der Waals surface area (Å²) in [5.41, 5.74) is 0.997. The topological polar surface area (TPSA) is 66.8 Å². The van der Waals surface area contributed by atoms with Crippen LogP contribution in [0.1, 0.15) is 18.9 Å². The van der Waals surface area contributed by atoms with Gasteiger partial charge in [-0.05, 0) is 24.1 Å². The highest BCUT2D eigenvalue weighted by atomic mass is 35.5. The summed E-state index contributed by atoms with van der Waals surface area (Å²) >= 11 is 5.96. The number of aliphatic carboxylic acids is 1. The molecule has 1 aliphatic rings. The summed E-state index contributed by atoms with van der Waals surface area (Å²) in [6.45, 7) is 3.03. The van der Waals surface area contributed by atoms with Gasteiger partial charge in [-0.3, -0.25) is 9.59 Å². The first kappa shape index (κ1) is 16.8. The van der Waals surface area contributed by atoms with Gasteiger partial charge in [0.25, 0.3) is 0 Å². The minimum Gasteiger partial charge on any atom is -0.481 e. The predicted molar refractivity (Wildman–Crippen MR) is 82.9 cm³/mol. The number of hydrogen-bond acceptors (Lipinski definition) is 3. The Bertz CT molecular complexity index is 549. The smallest absolute Gasteiger partial charge is 0.305 e. The van der Waals surface area contributed by atoms with Crippen molar-refractivity contribution in [3.8, 4) is 0 Å². The van der Waals surface area contributed by atoms with Gasteiger partial charge in [0.05, 0.1) is 25.7 Å². The van der Waals surface area contributed by atoms with E-state index in [2.05, 4.69) is 0 Å². The number of rotatable bonds is 5. The molecule has 1 fully saturated rings. The van der Waals surface area contributed by atoms with E-state index >= 15 is 0 Å². The van der Waals surface area contributed by atoms with E-state index in [1.807, 2.05) is 25.1 Å². The van der Waals surface area contributed by atoms with Gasteiger partial charge >= 0.3 is 5.97 Å². The molecule has 22 heavy (non-hydrogen) atoms. The molecule has 2 rings (SSSR count). The number of carboxylic acid groups (broad SMARTS) is 1. The van der Waals surface area contributed by atoms with Crippen LogP contribution in [0, 0.1) is 5.92 Å². The molecule has 0 radical (unpaired) electrons. The van der Waals surface area contributed by atoms with E-state index in [-0.39, 0.29) is 30.9 Å². The Balaban J connectivity index is 2.02. The molecule has 1 aromatic carbocycles. The summed E-state index contributed by atoms with van der Waals surface area (Å²) in [6, 6.07) is 7.04. The zero-order valence-corrected chi connectivity index (χ0v) is 13.3. The quantitative estimate of drug-likeness (QED) is 0.901. The van der Waals surface area contributed by atoms with Crippen LogP contribution in [-0.4, -0.2) is 47.7 Å². The van der Waals surface area contributed by atoms with Crippen molar-refractivity contribution in [1.82, 2.24) is 4.90 Å². The highest BCUT2D eigenvalue weighted by Gasteiger charge is 2.31. The number of carbonyl (C=O) groups excluding carboxylic acids is 1. The number of benzene rings is 1. The first-order valence-corrected chi connectivity index (χ1v) is 7.69. The SMILES string of the molecule is CC(Cc1cccc(Cl)c1)C(=O)N1CCOCC1CC(=O)O. The Morgan fingerprint density at radius 1 is 1.50 bits per heavy atom. The summed E-state index contributed by atoms with van der Waals surface area (Å²) in [6.07, 6.45) is 0.492. The van der Waals surface area contributed by atoms with Crippen LogP contribution < -0.4 is 0 Å². The fourth-order valence-electron chi connectivity index (χ4n) is 2.70. The monoisotopic (exact) mass is 325 g/mol. The van der Waals surface area contributed by atoms with Crippen molar-refractivity contribution in [3.63, 3.8) is 0 Å². The molecule has 1 saturated heterocycles. The predicted octanol–water partition coefficient (Wildman–Crippen LogP) is 2.22. The standard InChI is InChI=1S/C16H20ClNO4/c1-11(7-12-3-2-4-13(17)8-12)16(21)18-5-6-22-10-14(18)9-15(19)20/h2-4,8,11,14H,5-7,9-10H2,1H3,(H,19,20). The Hall–Kier alpha value is -1.59. The van der Waals surface area contributed by atoms with Crippen LogP contribution in [-0.2, 0) is 20.7 Å². The van der Waals surface area contributed by atoms with Crippen LogP contribution >= 0.6 is 11.6 Å². The Labute approximate surface area is 134 Å². The third kappa shape index (κ3) is 4.45. The molecule has 0 aliphatic carbocycles. The molecule has 1 aliphatic heterocycles. The summed E-state index contributed by atoms with van der Waals surface area (Å²) in [7, 11) is 0. The van der Waals surface area contributed by atoms with Crippen molar-refractivity contribution in [3.05, 3.63) is 34.9 Å².